The number of aromatic nitrogens is 2. The summed E-state index contributed by atoms with van der Waals surface area (Å²) in [5.41, 5.74) is 0. The third-order valence-electron chi connectivity index (χ3n) is 1.91. The van der Waals surface area contributed by atoms with Crippen molar-refractivity contribution in [3.05, 3.63) is 11.7 Å². The summed E-state index contributed by atoms with van der Waals surface area (Å²) < 4.78 is 9.48. The predicted molar refractivity (Wildman–Crippen MR) is 52.2 cm³/mol. The second kappa shape index (κ2) is 5.45. The molecule has 0 radical (unpaired) electrons. The predicted octanol–water partition coefficient (Wildman–Crippen LogP) is 0.0716. The standard InChI is InChI=1S/C9H15N3O3/c1-6(9(13)14-3)10-5-4-8-11-7(2)12-15-8/h6,10H,4-5H2,1-3H3. The molecular weight excluding hydrogens is 198 g/mol. The molecule has 0 aromatic carbocycles. The second-order valence-corrected chi connectivity index (χ2v) is 3.18. The molecule has 0 amide bonds. The fourth-order valence-corrected chi connectivity index (χ4v) is 1.10. The van der Waals surface area contributed by atoms with Gasteiger partial charge in [0.2, 0.25) is 5.89 Å². The average Bonchev–Trinajstić information content (AvgIpc) is 2.63. The number of nitrogens with zero attached hydrogens (tertiary/aromatic N) is 2. The summed E-state index contributed by atoms with van der Waals surface area (Å²) in [6.07, 6.45) is 0.599. The third kappa shape index (κ3) is 3.67. The van der Waals surface area contributed by atoms with Gasteiger partial charge in [-0.05, 0) is 13.8 Å². The average molecular weight is 213 g/mol. The molecular formula is C9H15N3O3. The summed E-state index contributed by atoms with van der Waals surface area (Å²) in [7, 11) is 1.36. The van der Waals surface area contributed by atoms with E-state index in [2.05, 4.69) is 20.2 Å². The van der Waals surface area contributed by atoms with E-state index in [1.165, 1.54) is 7.11 Å². The van der Waals surface area contributed by atoms with Crippen molar-refractivity contribution in [3.63, 3.8) is 0 Å². The zero-order valence-electron chi connectivity index (χ0n) is 9.11. The highest BCUT2D eigenvalue weighted by atomic mass is 16.5. The first kappa shape index (κ1) is 11.6. The van der Waals surface area contributed by atoms with E-state index in [-0.39, 0.29) is 12.0 Å². The summed E-state index contributed by atoms with van der Waals surface area (Å²) in [6, 6.07) is -0.320. The molecule has 1 aromatic heterocycles. The van der Waals surface area contributed by atoms with Gasteiger partial charge in [0.1, 0.15) is 6.04 Å². The summed E-state index contributed by atoms with van der Waals surface area (Å²) in [5.74, 6) is 0.903. The Balaban J connectivity index is 2.24. The van der Waals surface area contributed by atoms with Crippen LogP contribution in [-0.2, 0) is 16.0 Å². The van der Waals surface area contributed by atoms with Gasteiger partial charge in [0.05, 0.1) is 7.11 Å². The first-order valence-corrected chi connectivity index (χ1v) is 4.74. The smallest absolute Gasteiger partial charge is 0.322 e. The molecule has 1 aromatic rings. The summed E-state index contributed by atoms with van der Waals surface area (Å²) in [5, 5.41) is 6.65. The van der Waals surface area contributed by atoms with Crippen molar-refractivity contribution < 1.29 is 14.1 Å². The lowest BCUT2D eigenvalue weighted by molar-refractivity contribution is -0.142. The molecule has 1 atom stereocenters. The van der Waals surface area contributed by atoms with Gasteiger partial charge in [-0.25, -0.2) is 0 Å². The molecule has 0 saturated heterocycles. The van der Waals surface area contributed by atoms with Crippen LogP contribution in [0.3, 0.4) is 0 Å². The molecule has 1 unspecified atom stereocenters. The van der Waals surface area contributed by atoms with Crippen molar-refractivity contribution in [2.24, 2.45) is 0 Å². The normalized spacial score (nSPS) is 12.5. The minimum atomic E-state index is -0.320. The van der Waals surface area contributed by atoms with Gasteiger partial charge in [-0.3, -0.25) is 4.79 Å². The number of rotatable bonds is 5. The molecule has 0 spiro atoms. The number of carbonyl (C=O) groups is 1. The van der Waals surface area contributed by atoms with Crippen LogP contribution in [0, 0.1) is 6.92 Å². The molecule has 0 aliphatic heterocycles. The van der Waals surface area contributed by atoms with E-state index in [1.807, 2.05) is 0 Å². The molecule has 6 nitrogen and oxygen atoms in total. The summed E-state index contributed by atoms with van der Waals surface area (Å²) >= 11 is 0. The van der Waals surface area contributed by atoms with E-state index in [4.69, 9.17) is 4.52 Å². The SMILES string of the molecule is COC(=O)C(C)NCCc1nc(C)no1. The zero-order chi connectivity index (χ0) is 11.3. The van der Waals surface area contributed by atoms with E-state index in [0.717, 1.165) is 0 Å². The Hall–Kier alpha value is -1.43. The van der Waals surface area contributed by atoms with Crippen molar-refractivity contribution in [1.82, 2.24) is 15.5 Å². The Morgan fingerprint density at radius 3 is 2.93 bits per heavy atom. The Morgan fingerprint density at radius 1 is 1.67 bits per heavy atom. The van der Waals surface area contributed by atoms with Gasteiger partial charge in [0.25, 0.3) is 0 Å². The molecule has 0 bridgehead atoms. The second-order valence-electron chi connectivity index (χ2n) is 3.18. The quantitative estimate of drug-likeness (QED) is 0.697. The lowest BCUT2D eigenvalue weighted by Crippen LogP contribution is -2.36. The highest BCUT2D eigenvalue weighted by Crippen LogP contribution is 1.96. The Kier molecular flexibility index (Phi) is 4.23. The van der Waals surface area contributed by atoms with Gasteiger partial charge in [0, 0.05) is 13.0 Å². The minimum absolute atomic E-state index is 0.281. The maximum Gasteiger partial charge on any atom is 0.322 e. The van der Waals surface area contributed by atoms with Crippen LogP contribution in [0.15, 0.2) is 4.52 Å². The minimum Gasteiger partial charge on any atom is -0.468 e. The zero-order valence-corrected chi connectivity index (χ0v) is 9.11. The number of esters is 1. The van der Waals surface area contributed by atoms with E-state index in [9.17, 15) is 4.79 Å². The van der Waals surface area contributed by atoms with Crippen LogP contribution in [0.1, 0.15) is 18.6 Å². The van der Waals surface area contributed by atoms with Crippen molar-refractivity contribution in [3.8, 4) is 0 Å². The lowest BCUT2D eigenvalue weighted by Gasteiger charge is -2.09. The number of hydrogen-bond donors (Lipinski definition) is 1. The van der Waals surface area contributed by atoms with Crippen LogP contribution in [-0.4, -0.2) is 35.8 Å². The monoisotopic (exact) mass is 213 g/mol. The number of aryl methyl sites for hydroxylation is 1. The fourth-order valence-electron chi connectivity index (χ4n) is 1.10. The lowest BCUT2D eigenvalue weighted by atomic mass is 10.3. The van der Waals surface area contributed by atoms with Crippen molar-refractivity contribution >= 4 is 5.97 Å². The Labute approximate surface area is 88.0 Å². The van der Waals surface area contributed by atoms with Crippen molar-refractivity contribution in [2.45, 2.75) is 26.3 Å². The van der Waals surface area contributed by atoms with Gasteiger partial charge in [-0.15, -0.1) is 0 Å². The number of hydrogen-bond acceptors (Lipinski definition) is 6. The fraction of sp³-hybridized carbons (Fsp3) is 0.667. The first-order valence-electron chi connectivity index (χ1n) is 4.74. The molecule has 0 aliphatic rings. The molecule has 1 rings (SSSR count). The van der Waals surface area contributed by atoms with E-state index >= 15 is 0 Å². The molecule has 84 valence electrons. The third-order valence-corrected chi connectivity index (χ3v) is 1.91. The topological polar surface area (TPSA) is 77.2 Å². The highest BCUT2D eigenvalue weighted by molar-refractivity contribution is 5.74. The number of carbonyl (C=O) groups excluding carboxylic acids is 1. The molecule has 6 heteroatoms. The molecule has 0 saturated carbocycles. The molecule has 1 heterocycles. The van der Waals surface area contributed by atoms with E-state index < -0.39 is 0 Å². The van der Waals surface area contributed by atoms with E-state index in [0.29, 0.717) is 24.7 Å². The highest BCUT2D eigenvalue weighted by Gasteiger charge is 2.12. The van der Waals surface area contributed by atoms with Crippen LogP contribution >= 0.6 is 0 Å². The van der Waals surface area contributed by atoms with Gasteiger partial charge >= 0.3 is 5.97 Å². The van der Waals surface area contributed by atoms with Crippen LogP contribution in [0.25, 0.3) is 0 Å². The van der Waals surface area contributed by atoms with Crippen LogP contribution in [0.5, 0.6) is 0 Å². The Morgan fingerprint density at radius 2 is 2.40 bits per heavy atom. The van der Waals surface area contributed by atoms with Crippen LogP contribution in [0.2, 0.25) is 0 Å². The maximum atomic E-state index is 11.0. The Bertz CT molecular complexity index is 324. The summed E-state index contributed by atoms with van der Waals surface area (Å²) in [4.78, 5) is 15.1. The molecule has 0 fully saturated rings. The number of ether oxygens (including phenoxy) is 1. The van der Waals surface area contributed by atoms with Crippen LogP contribution in [0.4, 0.5) is 0 Å². The van der Waals surface area contributed by atoms with E-state index in [1.54, 1.807) is 13.8 Å². The maximum absolute atomic E-state index is 11.0. The van der Waals surface area contributed by atoms with Crippen LogP contribution < -0.4 is 5.32 Å². The van der Waals surface area contributed by atoms with Gasteiger partial charge in [-0.1, -0.05) is 5.16 Å². The van der Waals surface area contributed by atoms with Crippen molar-refractivity contribution in [2.75, 3.05) is 13.7 Å². The van der Waals surface area contributed by atoms with Crippen molar-refractivity contribution in [1.29, 1.82) is 0 Å². The molecule has 1 N–H and O–H groups in total. The van der Waals surface area contributed by atoms with Gasteiger partial charge in [0.15, 0.2) is 5.82 Å². The largest absolute Gasteiger partial charge is 0.468 e. The van der Waals surface area contributed by atoms with Gasteiger partial charge in [-0.2, -0.15) is 4.98 Å². The molecule has 0 aliphatic carbocycles. The first-order chi connectivity index (χ1) is 7.13. The number of nitrogens with one attached hydrogen (secondary N) is 1. The summed E-state index contributed by atoms with van der Waals surface area (Å²) in [6.45, 7) is 4.10. The number of methoxy groups -OCH3 is 1. The van der Waals surface area contributed by atoms with Gasteiger partial charge < -0.3 is 14.6 Å². The molecule has 15 heavy (non-hydrogen) atoms.